The van der Waals surface area contributed by atoms with Crippen molar-refractivity contribution in [2.75, 3.05) is 6.26 Å². The van der Waals surface area contributed by atoms with Crippen LogP contribution in [0.4, 0.5) is 0 Å². The molecule has 0 aliphatic rings. The lowest BCUT2D eigenvalue weighted by Gasteiger charge is -2.06. The first-order chi connectivity index (χ1) is 11.0. The van der Waals surface area contributed by atoms with E-state index < -0.39 is 9.84 Å². The van der Waals surface area contributed by atoms with E-state index in [0.29, 0.717) is 18.2 Å². The van der Waals surface area contributed by atoms with Crippen LogP contribution >= 0.6 is 11.3 Å². The van der Waals surface area contributed by atoms with Gasteiger partial charge in [0.25, 0.3) is 0 Å². The molecule has 3 rings (SSSR count). The second-order valence-corrected chi connectivity index (χ2v) is 7.76. The number of nitrogens with zero attached hydrogens (tertiary/aromatic N) is 2. The summed E-state index contributed by atoms with van der Waals surface area (Å²) in [6.07, 6.45) is 4.36. The standard InChI is InChI=1S/C16H14N2O3S2/c1-23(19,20)14-4-2-13(3-5-14)15-8-17-9-16(18-15)21-10-12-6-7-22-11-12/h2-9,11H,10H2,1H3. The Morgan fingerprint density at radius 3 is 2.57 bits per heavy atom. The first-order valence-electron chi connectivity index (χ1n) is 6.79. The lowest BCUT2D eigenvalue weighted by Crippen LogP contribution is -1.98. The molecule has 7 heteroatoms. The molecule has 0 radical (unpaired) electrons. The maximum Gasteiger partial charge on any atom is 0.233 e. The van der Waals surface area contributed by atoms with Gasteiger partial charge < -0.3 is 4.74 Å². The molecule has 23 heavy (non-hydrogen) atoms. The molecule has 2 aromatic heterocycles. The van der Waals surface area contributed by atoms with Crippen molar-refractivity contribution in [3.63, 3.8) is 0 Å². The monoisotopic (exact) mass is 346 g/mol. The third-order valence-electron chi connectivity index (χ3n) is 3.16. The van der Waals surface area contributed by atoms with Crippen LogP contribution in [0.15, 0.2) is 58.4 Å². The van der Waals surface area contributed by atoms with Crippen LogP contribution < -0.4 is 4.74 Å². The molecule has 0 aliphatic heterocycles. The van der Waals surface area contributed by atoms with Crippen molar-refractivity contribution < 1.29 is 13.2 Å². The summed E-state index contributed by atoms with van der Waals surface area (Å²) in [5.74, 6) is 0.431. The Kier molecular flexibility index (Phi) is 4.40. The largest absolute Gasteiger partial charge is 0.472 e. The van der Waals surface area contributed by atoms with E-state index in [1.807, 2.05) is 16.8 Å². The van der Waals surface area contributed by atoms with Crippen molar-refractivity contribution in [2.45, 2.75) is 11.5 Å². The van der Waals surface area contributed by atoms with E-state index in [1.54, 1.807) is 48.0 Å². The molecule has 3 aromatic rings. The Morgan fingerprint density at radius 2 is 1.91 bits per heavy atom. The van der Waals surface area contributed by atoms with Gasteiger partial charge in [0.1, 0.15) is 6.61 Å². The molecule has 0 fully saturated rings. The molecule has 0 unspecified atom stereocenters. The minimum atomic E-state index is -3.20. The fraction of sp³-hybridized carbons (Fsp3) is 0.125. The highest BCUT2D eigenvalue weighted by molar-refractivity contribution is 7.90. The summed E-state index contributed by atoms with van der Waals surface area (Å²) in [5.41, 5.74) is 2.50. The van der Waals surface area contributed by atoms with Gasteiger partial charge in [-0.2, -0.15) is 11.3 Å². The van der Waals surface area contributed by atoms with E-state index in [-0.39, 0.29) is 4.90 Å². The summed E-state index contributed by atoms with van der Waals surface area (Å²) in [7, 11) is -3.20. The van der Waals surface area contributed by atoms with Crippen LogP contribution in [-0.2, 0) is 16.4 Å². The zero-order valence-corrected chi connectivity index (χ0v) is 14.0. The van der Waals surface area contributed by atoms with Gasteiger partial charge in [-0.25, -0.2) is 13.4 Å². The van der Waals surface area contributed by atoms with Gasteiger partial charge >= 0.3 is 0 Å². The maximum absolute atomic E-state index is 11.5. The van der Waals surface area contributed by atoms with Gasteiger partial charge in [0, 0.05) is 17.4 Å². The summed E-state index contributed by atoms with van der Waals surface area (Å²) in [6.45, 7) is 0.439. The van der Waals surface area contributed by atoms with Crippen molar-refractivity contribution in [1.29, 1.82) is 0 Å². The number of ether oxygens (including phenoxy) is 1. The summed E-state index contributed by atoms with van der Waals surface area (Å²) in [5, 5.41) is 4.01. The number of thiophene rings is 1. The van der Waals surface area contributed by atoms with E-state index >= 15 is 0 Å². The lowest BCUT2D eigenvalue weighted by molar-refractivity contribution is 0.293. The van der Waals surface area contributed by atoms with Crippen molar-refractivity contribution in [2.24, 2.45) is 0 Å². The minimum Gasteiger partial charge on any atom is -0.472 e. The molecule has 0 bridgehead atoms. The third kappa shape index (κ3) is 3.94. The molecule has 0 amide bonds. The second-order valence-electron chi connectivity index (χ2n) is 4.96. The molecule has 118 valence electrons. The van der Waals surface area contributed by atoms with Crippen LogP contribution in [0, 0.1) is 0 Å². The van der Waals surface area contributed by atoms with Crippen molar-refractivity contribution in [1.82, 2.24) is 9.97 Å². The topological polar surface area (TPSA) is 69.2 Å². The van der Waals surface area contributed by atoms with E-state index in [1.165, 1.54) is 6.26 Å². The second kappa shape index (κ2) is 6.47. The van der Waals surface area contributed by atoms with Gasteiger partial charge in [0.2, 0.25) is 5.88 Å². The van der Waals surface area contributed by atoms with Crippen molar-refractivity contribution in [3.8, 4) is 17.1 Å². The summed E-state index contributed by atoms with van der Waals surface area (Å²) in [6, 6.07) is 8.54. The van der Waals surface area contributed by atoms with Crippen LogP contribution in [0.1, 0.15) is 5.56 Å². The first-order valence-corrected chi connectivity index (χ1v) is 9.62. The molecule has 0 atom stereocenters. The Bertz CT molecular complexity index is 889. The predicted molar refractivity (Wildman–Crippen MR) is 89.2 cm³/mol. The maximum atomic E-state index is 11.5. The zero-order chi connectivity index (χ0) is 16.3. The van der Waals surface area contributed by atoms with Crippen LogP contribution in [0.5, 0.6) is 5.88 Å². The van der Waals surface area contributed by atoms with Gasteiger partial charge in [0.15, 0.2) is 9.84 Å². The fourth-order valence-electron chi connectivity index (χ4n) is 1.96. The Morgan fingerprint density at radius 1 is 1.13 bits per heavy atom. The predicted octanol–water partition coefficient (Wildman–Crippen LogP) is 3.19. The average molecular weight is 346 g/mol. The molecule has 0 saturated carbocycles. The number of aromatic nitrogens is 2. The highest BCUT2D eigenvalue weighted by Crippen LogP contribution is 2.21. The molecule has 5 nitrogen and oxygen atoms in total. The zero-order valence-electron chi connectivity index (χ0n) is 12.3. The third-order valence-corrected chi connectivity index (χ3v) is 5.02. The van der Waals surface area contributed by atoms with Gasteiger partial charge in [-0.05, 0) is 29.0 Å². The molecule has 1 aromatic carbocycles. The number of rotatable bonds is 5. The molecule has 0 aliphatic carbocycles. The van der Waals surface area contributed by atoms with Gasteiger partial charge in [0.05, 0.1) is 23.0 Å². The molecule has 0 spiro atoms. The van der Waals surface area contributed by atoms with Gasteiger partial charge in [-0.15, -0.1) is 0 Å². The van der Waals surface area contributed by atoms with Crippen LogP contribution in [0.25, 0.3) is 11.3 Å². The molecular weight excluding hydrogens is 332 g/mol. The Hall–Kier alpha value is -2.25. The van der Waals surface area contributed by atoms with Crippen molar-refractivity contribution >= 4 is 21.2 Å². The van der Waals surface area contributed by atoms with Crippen LogP contribution in [0.2, 0.25) is 0 Å². The molecule has 2 heterocycles. The molecule has 0 saturated heterocycles. The Balaban J connectivity index is 1.79. The quantitative estimate of drug-likeness (QED) is 0.710. The number of benzene rings is 1. The molecule has 0 N–H and O–H groups in total. The first kappa shape index (κ1) is 15.6. The van der Waals surface area contributed by atoms with E-state index in [0.717, 1.165) is 11.1 Å². The molecular formula is C16H14N2O3S2. The number of hydrogen-bond donors (Lipinski definition) is 0. The van der Waals surface area contributed by atoms with E-state index in [2.05, 4.69) is 9.97 Å². The summed E-state index contributed by atoms with van der Waals surface area (Å²) in [4.78, 5) is 8.81. The SMILES string of the molecule is CS(=O)(=O)c1ccc(-c2cncc(OCc3ccsc3)n2)cc1. The van der Waals surface area contributed by atoms with E-state index in [9.17, 15) is 8.42 Å². The lowest BCUT2D eigenvalue weighted by atomic mass is 10.2. The van der Waals surface area contributed by atoms with Gasteiger partial charge in [-0.3, -0.25) is 4.98 Å². The summed E-state index contributed by atoms with van der Waals surface area (Å²) >= 11 is 1.61. The Labute approximate surface area is 138 Å². The smallest absolute Gasteiger partial charge is 0.233 e. The number of hydrogen-bond acceptors (Lipinski definition) is 6. The average Bonchev–Trinajstić information content (AvgIpc) is 3.06. The normalized spacial score (nSPS) is 11.3. The van der Waals surface area contributed by atoms with Crippen LogP contribution in [-0.4, -0.2) is 24.6 Å². The highest BCUT2D eigenvalue weighted by Gasteiger charge is 2.08. The number of sulfone groups is 1. The summed E-state index contributed by atoms with van der Waals surface area (Å²) < 4.78 is 28.6. The highest BCUT2D eigenvalue weighted by atomic mass is 32.2. The fourth-order valence-corrected chi connectivity index (χ4v) is 3.25. The van der Waals surface area contributed by atoms with E-state index in [4.69, 9.17) is 4.74 Å². The van der Waals surface area contributed by atoms with Crippen molar-refractivity contribution in [3.05, 3.63) is 59.0 Å². The van der Waals surface area contributed by atoms with Crippen LogP contribution in [0.3, 0.4) is 0 Å². The minimum absolute atomic E-state index is 0.277. The van der Waals surface area contributed by atoms with Gasteiger partial charge in [-0.1, -0.05) is 12.1 Å².